The molecule has 2 aromatic heterocycles. The number of phenols is 1. The first-order valence-corrected chi connectivity index (χ1v) is 19.5. The van der Waals surface area contributed by atoms with Gasteiger partial charge in [-0.05, 0) is 117 Å². The molecule has 0 unspecified atom stereocenters. The molecule has 3 fully saturated rings. The summed E-state index contributed by atoms with van der Waals surface area (Å²) in [6.45, 7) is 4.34. The first kappa shape index (κ1) is 37.2. The van der Waals surface area contributed by atoms with Crippen molar-refractivity contribution in [3.63, 3.8) is 0 Å². The number of nitrogens with zero attached hydrogens (tertiary/aromatic N) is 2. The molecule has 5 heterocycles. The maximum Gasteiger partial charge on any atom is 0.419 e. The van der Waals surface area contributed by atoms with Crippen LogP contribution < -0.4 is 21.9 Å². The highest BCUT2D eigenvalue weighted by atomic mass is 16.6. The van der Waals surface area contributed by atoms with Crippen LogP contribution in [0, 0.1) is 5.92 Å². The predicted octanol–water partition coefficient (Wildman–Crippen LogP) is 6.34. The number of phenolic OH excluding ortho intramolecular Hbond substituents is 1. The van der Waals surface area contributed by atoms with Gasteiger partial charge in [-0.3, -0.25) is 19.6 Å². The van der Waals surface area contributed by atoms with Crippen molar-refractivity contribution in [2.75, 3.05) is 38.0 Å². The molecule has 2 bridgehead atoms. The molecule has 290 valence electrons. The Balaban J connectivity index is 0.849. The minimum Gasteiger partial charge on any atom is -0.506 e. The number of aliphatic hydroxyl groups excluding tert-OH is 1. The van der Waals surface area contributed by atoms with Crippen molar-refractivity contribution >= 4 is 33.8 Å². The van der Waals surface area contributed by atoms with Gasteiger partial charge in [0.1, 0.15) is 11.9 Å². The predicted molar refractivity (Wildman–Crippen MR) is 216 cm³/mol. The van der Waals surface area contributed by atoms with Crippen LogP contribution in [-0.4, -0.2) is 69.6 Å². The van der Waals surface area contributed by atoms with E-state index in [1.165, 1.54) is 12.1 Å². The molecule has 4 aromatic carbocycles. The Bertz CT molecular complexity index is 2450. The van der Waals surface area contributed by atoms with E-state index in [1.54, 1.807) is 16.7 Å². The molecule has 3 aliphatic heterocycles. The van der Waals surface area contributed by atoms with E-state index in [2.05, 4.69) is 32.7 Å². The standard InChI is InChI=1S/C44H47N5O7/c50-37-15-12-33(34-13-16-41(52)47-42(34)37)38(51)26-45-20-17-29-10-14-36-39(25-29)56-44(54)49(36)21-5-4-6-28-9-11-32(30-7-2-1-3-8-30)35(24-28)46-43(53)55-40-27-48-22-18-31(40)19-23-48/h1-3,7-16,24-25,31,38,40,45,50-51H,4-6,17-23,26-27H2,(H,46,53)(H,47,52)/t38-,40-/m0/s1. The topological polar surface area (TPSA) is 162 Å². The number of oxazole rings is 1. The van der Waals surface area contributed by atoms with Gasteiger partial charge in [0.15, 0.2) is 5.58 Å². The third kappa shape index (κ3) is 8.28. The SMILES string of the molecule is O=C(Nc1cc(CCCCn2c(=O)oc3cc(CCNC[C@H](O)c4ccc(O)c5[nH]c(=O)ccc45)ccc32)ccc1-c1ccccc1)O[C@H]1CN2CCC1CC2. The molecule has 9 rings (SSSR count). The Kier molecular flexibility index (Phi) is 11.0. The number of nitrogens with one attached hydrogen (secondary N) is 3. The number of ether oxygens (including phenoxy) is 1. The highest BCUT2D eigenvalue weighted by Crippen LogP contribution is 2.33. The normalized spacial score (nSPS) is 18.3. The zero-order chi connectivity index (χ0) is 38.6. The molecular formula is C44H47N5O7. The molecule has 5 N–H and O–H groups in total. The number of carbonyl (C=O) groups is 1. The molecule has 0 radical (unpaired) electrons. The fraction of sp³-hybridized carbons (Fsp3) is 0.341. The van der Waals surface area contributed by atoms with E-state index in [4.69, 9.17) is 9.15 Å². The minimum atomic E-state index is -0.852. The number of hydrogen-bond acceptors (Lipinski definition) is 9. The van der Waals surface area contributed by atoms with Crippen LogP contribution in [0.3, 0.4) is 0 Å². The van der Waals surface area contributed by atoms with E-state index in [-0.39, 0.29) is 29.7 Å². The van der Waals surface area contributed by atoms with Crippen LogP contribution in [0.4, 0.5) is 10.5 Å². The fourth-order valence-corrected chi connectivity index (χ4v) is 8.25. The number of rotatable bonds is 14. The summed E-state index contributed by atoms with van der Waals surface area (Å²) in [5.74, 6) is -0.00979. The molecule has 3 aliphatic rings. The number of amides is 1. The monoisotopic (exact) mass is 757 g/mol. The lowest BCUT2D eigenvalue weighted by atomic mass is 9.86. The van der Waals surface area contributed by atoms with E-state index in [0.29, 0.717) is 47.5 Å². The van der Waals surface area contributed by atoms with Gasteiger partial charge in [0.25, 0.3) is 0 Å². The van der Waals surface area contributed by atoms with Crippen molar-refractivity contribution < 1.29 is 24.2 Å². The molecule has 0 aliphatic carbocycles. The average molecular weight is 758 g/mol. The molecule has 2 atom stereocenters. The molecule has 0 spiro atoms. The summed E-state index contributed by atoms with van der Waals surface area (Å²) in [4.78, 5) is 42.8. The summed E-state index contributed by atoms with van der Waals surface area (Å²) in [7, 11) is 0. The number of aryl methyl sites for hydroxylation is 2. The number of carbonyl (C=O) groups excluding carboxylic acids is 1. The molecule has 1 amide bonds. The van der Waals surface area contributed by atoms with Crippen molar-refractivity contribution in [3.8, 4) is 16.9 Å². The number of aromatic hydroxyl groups is 1. The van der Waals surface area contributed by atoms with Crippen molar-refractivity contribution in [1.82, 2.24) is 19.8 Å². The third-order valence-corrected chi connectivity index (χ3v) is 11.3. The Morgan fingerprint density at radius 2 is 1.73 bits per heavy atom. The van der Waals surface area contributed by atoms with E-state index in [9.17, 15) is 24.6 Å². The van der Waals surface area contributed by atoms with Crippen molar-refractivity contribution in [1.29, 1.82) is 0 Å². The number of anilines is 1. The van der Waals surface area contributed by atoms with Gasteiger partial charge in [-0.1, -0.05) is 54.6 Å². The van der Waals surface area contributed by atoms with Gasteiger partial charge in [0, 0.05) is 36.7 Å². The summed E-state index contributed by atoms with van der Waals surface area (Å²) in [6, 6.07) is 28.1. The summed E-state index contributed by atoms with van der Waals surface area (Å²) < 4.78 is 13.3. The molecule has 0 saturated carbocycles. The maximum atomic E-state index is 13.2. The smallest absolute Gasteiger partial charge is 0.419 e. The molecule has 56 heavy (non-hydrogen) atoms. The Hall–Kier alpha value is -5.69. The molecular weight excluding hydrogens is 711 g/mol. The van der Waals surface area contributed by atoms with Gasteiger partial charge in [-0.15, -0.1) is 0 Å². The number of unbranched alkanes of at least 4 members (excludes halogenated alkanes) is 1. The fourth-order valence-electron chi connectivity index (χ4n) is 8.25. The van der Waals surface area contributed by atoms with E-state index >= 15 is 0 Å². The Morgan fingerprint density at radius 3 is 2.54 bits per heavy atom. The number of aromatic amines is 1. The van der Waals surface area contributed by atoms with Gasteiger partial charge < -0.3 is 29.7 Å². The summed E-state index contributed by atoms with van der Waals surface area (Å²) >= 11 is 0. The zero-order valence-electron chi connectivity index (χ0n) is 31.2. The van der Waals surface area contributed by atoms with Crippen LogP contribution in [0.1, 0.15) is 48.5 Å². The lowest BCUT2D eigenvalue weighted by Crippen LogP contribution is -2.52. The number of H-pyrrole nitrogens is 1. The number of aromatic nitrogens is 2. The minimum absolute atomic E-state index is 0.0511. The summed E-state index contributed by atoms with van der Waals surface area (Å²) in [6.07, 6.45) is 3.83. The van der Waals surface area contributed by atoms with E-state index in [0.717, 1.165) is 85.2 Å². The largest absolute Gasteiger partial charge is 0.506 e. The number of aliphatic hydroxyl groups is 1. The highest BCUT2D eigenvalue weighted by molar-refractivity contribution is 5.92. The van der Waals surface area contributed by atoms with E-state index < -0.39 is 12.2 Å². The zero-order valence-corrected chi connectivity index (χ0v) is 31.2. The highest BCUT2D eigenvalue weighted by Gasteiger charge is 2.36. The first-order chi connectivity index (χ1) is 27.3. The lowest BCUT2D eigenvalue weighted by Gasteiger charge is -2.43. The Labute approximate surface area is 323 Å². The van der Waals surface area contributed by atoms with Crippen LogP contribution in [0.2, 0.25) is 0 Å². The lowest BCUT2D eigenvalue weighted by molar-refractivity contribution is -0.0289. The number of benzene rings is 4. The van der Waals surface area contributed by atoms with E-state index in [1.807, 2.05) is 54.6 Å². The number of fused-ring (bicyclic) bond motifs is 5. The second-order valence-electron chi connectivity index (χ2n) is 15.0. The summed E-state index contributed by atoms with van der Waals surface area (Å²) in [5.41, 5.74) is 6.61. The number of hydrogen-bond donors (Lipinski definition) is 5. The van der Waals surface area contributed by atoms with Gasteiger partial charge in [-0.25, -0.2) is 9.59 Å². The van der Waals surface area contributed by atoms with Crippen molar-refractivity contribution in [2.45, 2.75) is 57.3 Å². The summed E-state index contributed by atoms with van der Waals surface area (Å²) in [5, 5.41) is 27.9. The van der Waals surface area contributed by atoms with Crippen LogP contribution in [0.5, 0.6) is 5.75 Å². The van der Waals surface area contributed by atoms with Crippen LogP contribution in [0.15, 0.2) is 105 Å². The quantitative estimate of drug-likeness (QED) is 0.0799. The van der Waals surface area contributed by atoms with Gasteiger partial charge in [0.05, 0.1) is 22.8 Å². The first-order valence-electron chi connectivity index (χ1n) is 19.5. The van der Waals surface area contributed by atoms with Gasteiger partial charge >= 0.3 is 11.8 Å². The maximum absolute atomic E-state index is 13.2. The number of pyridine rings is 1. The van der Waals surface area contributed by atoms with Crippen LogP contribution >= 0.6 is 0 Å². The molecule has 12 heteroatoms. The van der Waals surface area contributed by atoms with Crippen molar-refractivity contribution in [2.24, 2.45) is 5.92 Å². The van der Waals surface area contributed by atoms with Gasteiger partial charge in [0.2, 0.25) is 5.56 Å². The van der Waals surface area contributed by atoms with Crippen LogP contribution in [0.25, 0.3) is 33.1 Å². The molecule has 3 saturated heterocycles. The van der Waals surface area contributed by atoms with Crippen LogP contribution in [-0.2, 0) is 24.1 Å². The third-order valence-electron chi connectivity index (χ3n) is 11.3. The number of piperidine rings is 3. The second-order valence-corrected chi connectivity index (χ2v) is 15.0. The Morgan fingerprint density at radius 1 is 0.929 bits per heavy atom. The molecule has 12 nitrogen and oxygen atoms in total. The molecule has 6 aromatic rings. The van der Waals surface area contributed by atoms with Crippen molar-refractivity contribution in [3.05, 3.63) is 129 Å². The second kappa shape index (κ2) is 16.6. The van der Waals surface area contributed by atoms with Gasteiger partial charge in [-0.2, -0.15) is 0 Å². The average Bonchev–Trinajstić information content (AvgIpc) is 3.52.